The van der Waals surface area contributed by atoms with Crippen molar-refractivity contribution in [2.75, 3.05) is 6.61 Å². The molecule has 1 heterocycles. The number of hydrogen-bond donors (Lipinski definition) is 2. The third kappa shape index (κ3) is 3.72. The van der Waals surface area contributed by atoms with Crippen LogP contribution in [0.25, 0.3) is 0 Å². The van der Waals surface area contributed by atoms with Crippen molar-refractivity contribution in [2.24, 2.45) is 17.8 Å². The molecule has 0 bridgehead atoms. The van der Waals surface area contributed by atoms with Crippen LogP contribution in [-0.2, 0) is 28.6 Å². The van der Waals surface area contributed by atoms with Gasteiger partial charge in [0.15, 0.2) is 5.76 Å². The Hall–Kier alpha value is -2.87. The maximum absolute atomic E-state index is 12.3. The zero-order valence-corrected chi connectivity index (χ0v) is 16.3. The lowest BCUT2D eigenvalue weighted by atomic mass is 9.79. The highest BCUT2D eigenvalue weighted by atomic mass is 16.6. The average molecular weight is 404 g/mol. The van der Waals surface area contributed by atoms with E-state index in [4.69, 9.17) is 19.3 Å². The molecule has 0 aromatic rings. The topological polar surface area (TPSA) is 119 Å². The summed E-state index contributed by atoms with van der Waals surface area (Å²) in [7, 11) is 0. The Morgan fingerprint density at radius 1 is 1.28 bits per heavy atom. The van der Waals surface area contributed by atoms with Crippen molar-refractivity contribution < 1.29 is 38.8 Å². The number of rotatable bonds is 4. The molecule has 29 heavy (non-hydrogen) atoms. The fraction of sp³-hybridized carbons (Fsp3) is 0.476. The molecule has 156 valence electrons. The molecular formula is C21H24O8. The summed E-state index contributed by atoms with van der Waals surface area (Å²) in [5.41, 5.74) is 1.74. The van der Waals surface area contributed by atoms with Crippen LogP contribution in [0.4, 0.5) is 0 Å². The van der Waals surface area contributed by atoms with Gasteiger partial charge in [-0.15, -0.1) is 0 Å². The van der Waals surface area contributed by atoms with Crippen molar-refractivity contribution in [3.05, 3.63) is 47.8 Å². The van der Waals surface area contributed by atoms with Gasteiger partial charge < -0.3 is 24.4 Å². The van der Waals surface area contributed by atoms with E-state index in [0.29, 0.717) is 5.57 Å². The zero-order valence-electron chi connectivity index (χ0n) is 16.3. The lowest BCUT2D eigenvalue weighted by molar-refractivity contribution is -0.152. The predicted octanol–water partition coefficient (Wildman–Crippen LogP) is 1.51. The number of aliphatic hydroxyl groups excluding tert-OH is 2. The molecule has 6 atom stereocenters. The Morgan fingerprint density at radius 3 is 2.59 bits per heavy atom. The predicted molar refractivity (Wildman–Crippen MR) is 100 cm³/mol. The van der Waals surface area contributed by atoms with Gasteiger partial charge in [0.1, 0.15) is 18.3 Å². The molecule has 8 nitrogen and oxygen atoms in total. The van der Waals surface area contributed by atoms with Crippen LogP contribution in [0.15, 0.2) is 47.8 Å². The summed E-state index contributed by atoms with van der Waals surface area (Å²) in [4.78, 5) is 36.0. The molecule has 1 aliphatic heterocycles. The Labute approximate surface area is 168 Å². The van der Waals surface area contributed by atoms with E-state index in [0.717, 1.165) is 11.6 Å². The van der Waals surface area contributed by atoms with E-state index in [-0.39, 0.29) is 23.8 Å². The van der Waals surface area contributed by atoms with Crippen molar-refractivity contribution in [3.8, 4) is 0 Å². The summed E-state index contributed by atoms with van der Waals surface area (Å²) in [5, 5.41) is 18.6. The van der Waals surface area contributed by atoms with Gasteiger partial charge in [-0.3, -0.25) is 4.79 Å². The number of carbonyl (C=O) groups excluding carboxylic acids is 3. The van der Waals surface area contributed by atoms with E-state index < -0.39 is 54.5 Å². The van der Waals surface area contributed by atoms with Gasteiger partial charge in [-0.2, -0.15) is 0 Å². The first-order valence-electron chi connectivity index (χ1n) is 9.29. The fourth-order valence-corrected chi connectivity index (χ4v) is 4.55. The van der Waals surface area contributed by atoms with Gasteiger partial charge in [-0.25, -0.2) is 9.59 Å². The Bertz CT molecular complexity index is 836. The highest BCUT2D eigenvalue weighted by Crippen LogP contribution is 2.51. The van der Waals surface area contributed by atoms with Crippen molar-refractivity contribution in [1.82, 2.24) is 0 Å². The largest absolute Gasteiger partial charge is 0.502 e. The summed E-state index contributed by atoms with van der Waals surface area (Å²) in [6, 6.07) is 0. The molecule has 3 aliphatic rings. The van der Waals surface area contributed by atoms with Crippen molar-refractivity contribution in [3.63, 3.8) is 0 Å². The molecule has 8 heteroatoms. The van der Waals surface area contributed by atoms with Gasteiger partial charge in [-0.05, 0) is 19.1 Å². The molecule has 0 spiro atoms. The Morgan fingerprint density at radius 2 is 1.97 bits per heavy atom. The van der Waals surface area contributed by atoms with E-state index in [1.807, 2.05) is 13.0 Å². The number of fused-ring (bicyclic) bond motifs is 3. The molecule has 2 aliphatic carbocycles. The SMILES string of the molecule is C=C1C(=O)OC2C1C(OC(=O)C(O)=CCO)CC(=C)C1C(OC(C)=O)C=C(C)C21. The number of esters is 3. The zero-order chi connectivity index (χ0) is 21.5. The highest BCUT2D eigenvalue weighted by molar-refractivity contribution is 5.91. The van der Waals surface area contributed by atoms with Crippen molar-refractivity contribution in [2.45, 2.75) is 38.6 Å². The van der Waals surface area contributed by atoms with Gasteiger partial charge in [0.2, 0.25) is 0 Å². The molecular weight excluding hydrogens is 380 g/mol. The van der Waals surface area contributed by atoms with Gasteiger partial charge in [-0.1, -0.05) is 24.3 Å². The number of carbonyl (C=O) groups is 3. The smallest absolute Gasteiger partial charge is 0.373 e. The summed E-state index contributed by atoms with van der Waals surface area (Å²) >= 11 is 0. The van der Waals surface area contributed by atoms with Gasteiger partial charge in [0.05, 0.1) is 12.5 Å². The second-order valence-corrected chi connectivity index (χ2v) is 7.54. The molecule has 6 unspecified atom stereocenters. The summed E-state index contributed by atoms with van der Waals surface area (Å²) in [6.45, 7) is 10.6. The van der Waals surface area contributed by atoms with Crippen LogP contribution >= 0.6 is 0 Å². The van der Waals surface area contributed by atoms with Crippen LogP contribution in [0, 0.1) is 17.8 Å². The maximum atomic E-state index is 12.3. The molecule has 0 aromatic carbocycles. The molecule has 0 aromatic heterocycles. The number of ether oxygens (including phenoxy) is 3. The van der Waals surface area contributed by atoms with E-state index in [9.17, 15) is 19.5 Å². The van der Waals surface area contributed by atoms with Gasteiger partial charge in [0, 0.05) is 30.8 Å². The minimum absolute atomic E-state index is 0.176. The maximum Gasteiger partial charge on any atom is 0.373 e. The molecule has 3 rings (SSSR count). The van der Waals surface area contributed by atoms with Crippen molar-refractivity contribution >= 4 is 17.9 Å². The standard InChI is InChI=1S/C21H24O8/c1-9-7-15(28-21(26)13(24)5-6-22)18-11(3)20(25)29-19(18)17-10(2)8-14(16(9)17)27-12(4)23/h5,8,14-19,22,24H,1,3,6-7H2,2,4H3. The quantitative estimate of drug-likeness (QED) is 0.238. The molecule has 2 N–H and O–H groups in total. The number of aliphatic hydroxyl groups is 2. The molecule has 0 radical (unpaired) electrons. The van der Waals surface area contributed by atoms with Crippen LogP contribution in [0.2, 0.25) is 0 Å². The average Bonchev–Trinajstić information content (AvgIpc) is 3.05. The summed E-state index contributed by atoms with van der Waals surface area (Å²) in [5.74, 6) is -4.06. The first-order valence-corrected chi connectivity index (χ1v) is 9.29. The summed E-state index contributed by atoms with van der Waals surface area (Å²) < 4.78 is 16.5. The molecule has 2 fully saturated rings. The normalized spacial score (nSPS) is 34.0. The van der Waals surface area contributed by atoms with Gasteiger partial charge >= 0.3 is 17.9 Å². The fourth-order valence-electron chi connectivity index (χ4n) is 4.55. The molecule has 0 amide bonds. The van der Waals surface area contributed by atoms with E-state index >= 15 is 0 Å². The summed E-state index contributed by atoms with van der Waals surface area (Å²) in [6.07, 6.45) is 0.831. The molecule has 1 saturated heterocycles. The van der Waals surface area contributed by atoms with Crippen molar-refractivity contribution in [1.29, 1.82) is 0 Å². The third-order valence-corrected chi connectivity index (χ3v) is 5.70. The lowest BCUT2D eigenvalue weighted by Gasteiger charge is -2.29. The minimum Gasteiger partial charge on any atom is -0.502 e. The van der Waals surface area contributed by atoms with Crippen LogP contribution in [0.3, 0.4) is 0 Å². The second-order valence-electron chi connectivity index (χ2n) is 7.54. The van der Waals surface area contributed by atoms with Crippen LogP contribution in [0.5, 0.6) is 0 Å². The first-order chi connectivity index (χ1) is 13.6. The number of hydrogen-bond acceptors (Lipinski definition) is 8. The van der Waals surface area contributed by atoms with Gasteiger partial charge in [0.25, 0.3) is 0 Å². The van der Waals surface area contributed by atoms with E-state index in [1.54, 1.807) is 0 Å². The Balaban J connectivity index is 1.97. The second kappa shape index (κ2) is 7.87. The van der Waals surface area contributed by atoms with Crippen LogP contribution in [-0.4, -0.2) is 53.0 Å². The minimum atomic E-state index is -1.03. The first kappa shape index (κ1) is 20.9. The van der Waals surface area contributed by atoms with Crippen LogP contribution in [0.1, 0.15) is 20.3 Å². The van der Waals surface area contributed by atoms with E-state index in [2.05, 4.69) is 13.2 Å². The molecule has 1 saturated carbocycles. The Kier molecular flexibility index (Phi) is 5.66. The van der Waals surface area contributed by atoms with Crippen LogP contribution < -0.4 is 0 Å². The lowest BCUT2D eigenvalue weighted by Crippen LogP contribution is -2.37. The van der Waals surface area contributed by atoms with E-state index in [1.165, 1.54) is 6.92 Å². The third-order valence-electron chi connectivity index (χ3n) is 5.70. The monoisotopic (exact) mass is 404 g/mol. The highest BCUT2D eigenvalue weighted by Gasteiger charge is 2.57.